The van der Waals surface area contributed by atoms with Gasteiger partial charge < -0.3 is 8.85 Å². The van der Waals surface area contributed by atoms with E-state index in [-0.39, 0.29) is 0 Å². The molecule has 0 heterocycles. The van der Waals surface area contributed by atoms with Crippen molar-refractivity contribution in [2.75, 3.05) is 13.2 Å². The Labute approximate surface area is 105 Å². The molecule has 0 fully saturated rings. The van der Waals surface area contributed by atoms with Crippen LogP contribution in [0.15, 0.2) is 42.6 Å². The van der Waals surface area contributed by atoms with E-state index in [1.165, 1.54) is 0 Å². The Hall–Kier alpha value is -1.34. The van der Waals surface area contributed by atoms with E-state index >= 15 is 0 Å². The molecule has 0 aliphatic carbocycles. The monoisotopic (exact) mass is 246 g/mol. The van der Waals surface area contributed by atoms with E-state index in [0.717, 1.165) is 5.56 Å². The lowest BCUT2D eigenvalue weighted by molar-refractivity contribution is 0.208. The molecule has 0 amide bonds. The Bertz CT molecular complexity index is 397. The van der Waals surface area contributed by atoms with E-state index in [2.05, 4.69) is 18.0 Å². The van der Waals surface area contributed by atoms with E-state index in [9.17, 15) is 0 Å². The Morgan fingerprint density at radius 2 is 1.76 bits per heavy atom. The largest absolute Gasteiger partial charge is 0.451 e. The molecule has 0 aliphatic heterocycles. The molecule has 17 heavy (non-hydrogen) atoms. The van der Waals surface area contributed by atoms with Gasteiger partial charge in [0, 0.05) is 18.8 Å². The fourth-order valence-corrected chi connectivity index (χ4v) is 3.13. The molecule has 0 spiro atoms. The molecule has 0 radical (unpaired) electrons. The second-order valence-electron chi connectivity index (χ2n) is 3.35. The van der Waals surface area contributed by atoms with Crippen molar-refractivity contribution in [2.45, 2.75) is 13.8 Å². The van der Waals surface area contributed by atoms with Crippen LogP contribution in [0.2, 0.25) is 0 Å². The van der Waals surface area contributed by atoms with Gasteiger partial charge in [0.25, 0.3) is 0 Å². The van der Waals surface area contributed by atoms with E-state index in [1.807, 2.05) is 44.2 Å². The minimum Gasteiger partial charge on any atom is -0.383 e. The minimum absolute atomic E-state index is 0.585. The lowest BCUT2D eigenvalue weighted by Crippen LogP contribution is -2.39. The summed E-state index contributed by atoms with van der Waals surface area (Å²) in [7, 11) is -2.55. The SMILES string of the molecule is C=C[Si](C#Cc1ccccc1)(OCC)OCC. The average molecular weight is 246 g/mol. The zero-order valence-corrected chi connectivity index (χ0v) is 11.4. The predicted molar refractivity (Wildman–Crippen MR) is 72.5 cm³/mol. The molecule has 0 aliphatic rings. The second kappa shape index (κ2) is 7.07. The van der Waals surface area contributed by atoms with E-state index < -0.39 is 8.56 Å². The molecule has 0 bridgehead atoms. The predicted octanol–water partition coefficient (Wildman–Crippen LogP) is 2.82. The first-order valence-corrected chi connectivity index (χ1v) is 7.65. The van der Waals surface area contributed by atoms with Crippen LogP contribution >= 0.6 is 0 Å². The quantitative estimate of drug-likeness (QED) is 0.587. The highest BCUT2D eigenvalue weighted by Gasteiger charge is 2.31. The number of rotatable bonds is 5. The third-order valence-electron chi connectivity index (χ3n) is 2.14. The summed E-state index contributed by atoms with van der Waals surface area (Å²) in [5.41, 5.74) is 5.82. The first-order valence-electron chi connectivity index (χ1n) is 5.76. The van der Waals surface area contributed by atoms with Gasteiger partial charge in [-0.1, -0.05) is 29.7 Å². The topological polar surface area (TPSA) is 18.5 Å². The van der Waals surface area contributed by atoms with Crippen LogP contribution in [-0.2, 0) is 8.85 Å². The van der Waals surface area contributed by atoms with Crippen molar-refractivity contribution in [3.8, 4) is 11.5 Å². The Morgan fingerprint density at radius 3 is 2.24 bits per heavy atom. The van der Waals surface area contributed by atoms with Crippen LogP contribution in [0.3, 0.4) is 0 Å². The molecule has 0 saturated heterocycles. The highest BCUT2D eigenvalue weighted by Crippen LogP contribution is 2.08. The maximum absolute atomic E-state index is 5.67. The van der Waals surface area contributed by atoms with Gasteiger partial charge in [0.2, 0.25) is 0 Å². The summed E-state index contributed by atoms with van der Waals surface area (Å²) in [6, 6.07) is 9.82. The van der Waals surface area contributed by atoms with Gasteiger partial charge in [-0.15, -0.1) is 6.58 Å². The molecule has 0 unspecified atom stereocenters. The second-order valence-corrected chi connectivity index (χ2v) is 5.92. The van der Waals surface area contributed by atoms with E-state index in [4.69, 9.17) is 8.85 Å². The molecule has 3 heteroatoms. The molecule has 1 rings (SSSR count). The van der Waals surface area contributed by atoms with Crippen molar-refractivity contribution in [2.24, 2.45) is 0 Å². The number of hydrogen-bond acceptors (Lipinski definition) is 2. The van der Waals surface area contributed by atoms with Crippen molar-refractivity contribution >= 4 is 8.56 Å². The standard InChI is InChI=1S/C14H18O2Si/c1-4-15-17(6-3,16-5-2)13-12-14-10-8-7-9-11-14/h6-11H,3-5H2,1-2H3. The lowest BCUT2D eigenvalue weighted by atomic mass is 10.2. The highest BCUT2D eigenvalue weighted by molar-refractivity contribution is 6.80. The molecule has 90 valence electrons. The van der Waals surface area contributed by atoms with Crippen LogP contribution in [0, 0.1) is 11.5 Å². The maximum Gasteiger partial charge on any atom is 0.451 e. The van der Waals surface area contributed by atoms with Crippen molar-refractivity contribution in [1.82, 2.24) is 0 Å². The maximum atomic E-state index is 5.67. The lowest BCUT2D eigenvalue weighted by Gasteiger charge is -2.20. The van der Waals surface area contributed by atoms with Gasteiger partial charge in [-0.2, -0.15) is 0 Å². The Balaban J connectivity index is 2.93. The highest BCUT2D eigenvalue weighted by atomic mass is 28.4. The van der Waals surface area contributed by atoms with Crippen molar-refractivity contribution in [3.63, 3.8) is 0 Å². The van der Waals surface area contributed by atoms with Crippen LogP contribution in [0.5, 0.6) is 0 Å². The first-order chi connectivity index (χ1) is 8.26. The Morgan fingerprint density at radius 1 is 1.18 bits per heavy atom. The molecular formula is C14H18O2Si. The fraction of sp³-hybridized carbons (Fsp3) is 0.286. The fourth-order valence-electron chi connectivity index (χ4n) is 1.39. The van der Waals surface area contributed by atoms with Crippen LogP contribution in [0.4, 0.5) is 0 Å². The molecule has 0 aromatic heterocycles. The minimum atomic E-state index is -2.55. The van der Waals surface area contributed by atoms with Crippen LogP contribution in [0.1, 0.15) is 19.4 Å². The van der Waals surface area contributed by atoms with E-state index in [0.29, 0.717) is 13.2 Å². The van der Waals surface area contributed by atoms with Gasteiger partial charge in [-0.05, 0) is 31.7 Å². The van der Waals surface area contributed by atoms with Crippen molar-refractivity contribution < 1.29 is 8.85 Å². The molecule has 0 saturated carbocycles. The van der Waals surface area contributed by atoms with Gasteiger partial charge >= 0.3 is 8.56 Å². The average Bonchev–Trinajstić information content (AvgIpc) is 2.38. The van der Waals surface area contributed by atoms with Crippen LogP contribution < -0.4 is 0 Å². The smallest absolute Gasteiger partial charge is 0.383 e. The third-order valence-corrected chi connectivity index (χ3v) is 4.59. The van der Waals surface area contributed by atoms with Gasteiger partial charge in [0.05, 0.1) is 0 Å². The van der Waals surface area contributed by atoms with E-state index in [1.54, 1.807) is 5.70 Å². The summed E-state index contributed by atoms with van der Waals surface area (Å²) in [4.78, 5) is 0. The normalized spacial score (nSPS) is 10.5. The summed E-state index contributed by atoms with van der Waals surface area (Å²) in [6.45, 7) is 8.84. The van der Waals surface area contributed by atoms with Crippen molar-refractivity contribution in [3.05, 3.63) is 48.2 Å². The zero-order chi connectivity index (χ0) is 12.6. The molecule has 2 nitrogen and oxygen atoms in total. The summed E-state index contributed by atoms with van der Waals surface area (Å²) in [6.07, 6.45) is 0. The summed E-state index contributed by atoms with van der Waals surface area (Å²) in [5.74, 6) is 3.10. The summed E-state index contributed by atoms with van der Waals surface area (Å²) >= 11 is 0. The van der Waals surface area contributed by atoms with Gasteiger partial charge in [0.15, 0.2) is 0 Å². The molecule has 0 atom stereocenters. The number of hydrogen-bond donors (Lipinski definition) is 0. The molecule has 1 aromatic rings. The zero-order valence-electron chi connectivity index (χ0n) is 10.4. The summed E-state index contributed by atoms with van der Waals surface area (Å²) < 4.78 is 11.3. The van der Waals surface area contributed by atoms with Crippen LogP contribution in [-0.4, -0.2) is 21.8 Å². The molecule has 1 aromatic carbocycles. The number of benzene rings is 1. The van der Waals surface area contributed by atoms with Gasteiger partial charge in [0.1, 0.15) is 0 Å². The van der Waals surface area contributed by atoms with Crippen molar-refractivity contribution in [1.29, 1.82) is 0 Å². The van der Waals surface area contributed by atoms with Crippen LogP contribution in [0.25, 0.3) is 0 Å². The summed E-state index contributed by atoms with van der Waals surface area (Å²) in [5, 5.41) is 0. The third kappa shape index (κ3) is 4.20. The Kier molecular flexibility index (Phi) is 5.71. The molecular weight excluding hydrogens is 228 g/mol. The van der Waals surface area contributed by atoms with Gasteiger partial charge in [-0.25, -0.2) is 0 Å². The van der Waals surface area contributed by atoms with Gasteiger partial charge in [-0.3, -0.25) is 0 Å². The first kappa shape index (κ1) is 13.7. The molecule has 0 N–H and O–H groups in total.